The molecular formula is C22H23N3O5S. The lowest BCUT2D eigenvalue weighted by Crippen LogP contribution is -2.40. The maximum atomic E-state index is 12.7. The summed E-state index contributed by atoms with van der Waals surface area (Å²) in [7, 11) is -3.50. The number of sulfonamides is 1. The van der Waals surface area contributed by atoms with Crippen LogP contribution >= 0.6 is 0 Å². The number of nitrogens with zero attached hydrogens (tertiary/aromatic N) is 2. The van der Waals surface area contributed by atoms with Crippen LogP contribution in [-0.2, 0) is 32.6 Å². The zero-order chi connectivity index (χ0) is 22.0. The van der Waals surface area contributed by atoms with Crippen LogP contribution in [-0.4, -0.2) is 49.3 Å². The summed E-state index contributed by atoms with van der Waals surface area (Å²) in [5.74, 6) is -1.11. The smallest absolute Gasteiger partial charge is 0.251 e. The standard InChI is InChI=1S/C22H23N3O5S/c26-20-9-10-21(27)25(20)19-7-5-17(6-8-19)22(28)23-12-14-31(29,30)24-13-11-16-3-1-2-4-18(16)15-24/h1-8H,9-15H2,(H,23,28). The largest absolute Gasteiger partial charge is 0.351 e. The van der Waals surface area contributed by atoms with Gasteiger partial charge in [0.1, 0.15) is 0 Å². The van der Waals surface area contributed by atoms with Crippen molar-refractivity contribution in [1.29, 1.82) is 0 Å². The third-order valence-corrected chi connectivity index (χ3v) is 7.39. The molecule has 9 heteroatoms. The van der Waals surface area contributed by atoms with Gasteiger partial charge in [-0.25, -0.2) is 8.42 Å². The molecule has 2 heterocycles. The van der Waals surface area contributed by atoms with Crippen LogP contribution < -0.4 is 10.2 Å². The second-order valence-electron chi connectivity index (χ2n) is 7.59. The Morgan fingerprint density at radius 3 is 2.23 bits per heavy atom. The molecule has 0 bridgehead atoms. The molecule has 8 nitrogen and oxygen atoms in total. The Bertz CT molecular complexity index is 1110. The van der Waals surface area contributed by atoms with Crippen LogP contribution in [0.3, 0.4) is 0 Å². The molecule has 3 amide bonds. The van der Waals surface area contributed by atoms with E-state index in [4.69, 9.17) is 0 Å². The third kappa shape index (κ3) is 4.52. The number of amides is 3. The van der Waals surface area contributed by atoms with E-state index >= 15 is 0 Å². The number of anilines is 1. The fourth-order valence-corrected chi connectivity index (χ4v) is 5.18. The second kappa shape index (κ2) is 8.60. The fourth-order valence-electron chi connectivity index (χ4n) is 3.86. The van der Waals surface area contributed by atoms with Gasteiger partial charge in [-0.15, -0.1) is 0 Å². The predicted octanol–water partition coefficient (Wildman–Crippen LogP) is 1.46. The molecule has 2 aromatic rings. The normalized spacial score (nSPS) is 17.0. The fraction of sp³-hybridized carbons (Fsp3) is 0.318. The highest BCUT2D eigenvalue weighted by Gasteiger charge is 2.30. The van der Waals surface area contributed by atoms with Crippen LogP contribution in [0, 0.1) is 0 Å². The summed E-state index contributed by atoms with van der Waals surface area (Å²) in [5, 5.41) is 2.63. The van der Waals surface area contributed by atoms with E-state index in [1.54, 1.807) is 0 Å². The molecule has 4 rings (SSSR count). The molecule has 0 unspecified atom stereocenters. The number of carbonyl (C=O) groups is 3. The van der Waals surface area contributed by atoms with Crippen molar-refractivity contribution >= 4 is 33.4 Å². The topological polar surface area (TPSA) is 104 Å². The van der Waals surface area contributed by atoms with Crippen LogP contribution in [0.5, 0.6) is 0 Å². The number of rotatable bonds is 6. The molecule has 0 spiro atoms. The molecule has 0 saturated carbocycles. The first-order chi connectivity index (χ1) is 14.8. The molecule has 2 aliphatic heterocycles. The number of imide groups is 1. The molecule has 162 valence electrons. The minimum Gasteiger partial charge on any atom is -0.351 e. The Balaban J connectivity index is 1.32. The first-order valence-corrected chi connectivity index (χ1v) is 11.7. The van der Waals surface area contributed by atoms with Crippen molar-refractivity contribution in [3.8, 4) is 0 Å². The molecule has 0 radical (unpaired) electrons. The molecule has 31 heavy (non-hydrogen) atoms. The van der Waals surface area contributed by atoms with Gasteiger partial charge in [0.05, 0.1) is 11.4 Å². The Morgan fingerprint density at radius 1 is 0.903 bits per heavy atom. The molecule has 0 aliphatic carbocycles. The lowest BCUT2D eigenvalue weighted by atomic mass is 10.0. The van der Waals surface area contributed by atoms with Crippen molar-refractivity contribution in [2.45, 2.75) is 25.8 Å². The van der Waals surface area contributed by atoms with Crippen LogP contribution in [0.15, 0.2) is 48.5 Å². The van der Waals surface area contributed by atoms with Gasteiger partial charge in [-0.2, -0.15) is 4.31 Å². The highest BCUT2D eigenvalue weighted by molar-refractivity contribution is 7.89. The van der Waals surface area contributed by atoms with Gasteiger partial charge in [-0.1, -0.05) is 24.3 Å². The zero-order valence-electron chi connectivity index (χ0n) is 16.9. The summed E-state index contributed by atoms with van der Waals surface area (Å²) in [6.07, 6.45) is 1.06. The number of hydrogen-bond acceptors (Lipinski definition) is 5. The summed E-state index contributed by atoms with van der Waals surface area (Å²) >= 11 is 0. The number of carbonyl (C=O) groups excluding carboxylic acids is 3. The van der Waals surface area contributed by atoms with Gasteiger partial charge in [0.25, 0.3) is 5.91 Å². The minimum atomic E-state index is -3.50. The quantitative estimate of drug-likeness (QED) is 0.684. The van der Waals surface area contributed by atoms with E-state index in [1.165, 1.54) is 34.1 Å². The summed E-state index contributed by atoms with van der Waals surface area (Å²) in [6, 6.07) is 13.9. The molecule has 1 fully saturated rings. The van der Waals surface area contributed by atoms with Gasteiger partial charge < -0.3 is 5.32 Å². The molecule has 1 saturated heterocycles. The van der Waals surface area contributed by atoms with E-state index in [-0.39, 0.29) is 37.0 Å². The van der Waals surface area contributed by atoms with Crippen molar-refractivity contribution in [2.24, 2.45) is 0 Å². The molecule has 1 N–H and O–H groups in total. The zero-order valence-corrected chi connectivity index (χ0v) is 17.7. The monoisotopic (exact) mass is 441 g/mol. The average molecular weight is 442 g/mol. The van der Waals surface area contributed by atoms with Crippen LogP contribution in [0.25, 0.3) is 0 Å². The van der Waals surface area contributed by atoms with Gasteiger partial charge in [-0.05, 0) is 41.8 Å². The number of benzene rings is 2. The second-order valence-corrected chi connectivity index (χ2v) is 9.68. The van der Waals surface area contributed by atoms with Crippen molar-refractivity contribution in [1.82, 2.24) is 9.62 Å². The van der Waals surface area contributed by atoms with Crippen LogP contribution in [0.4, 0.5) is 5.69 Å². The summed E-state index contributed by atoms with van der Waals surface area (Å²) in [6.45, 7) is 0.773. The number of nitrogens with one attached hydrogen (secondary N) is 1. The highest BCUT2D eigenvalue weighted by atomic mass is 32.2. The van der Waals surface area contributed by atoms with Crippen molar-refractivity contribution < 1.29 is 22.8 Å². The summed E-state index contributed by atoms with van der Waals surface area (Å²) in [5.41, 5.74) is 2.93. The lowest BCUT2D eigenvalue weighted by molar-refractivity contribution is -0.121. The molecular weight excluding hydrogens is 418 g/mol. The van der Waals surface area contributed by atoms with E-state index in [0.29, 0.717) is 30.8 Å². The molecule has 0 aromatic heterocycles. The molecule has 2 aliphatic rings. The Hall–Kier alpha value is -3.04. The summed E-state index contributed by atoms with van der Waals surface area (Å²) < 4.78 is 26.8. The number of fused-ring (bicyclic) bond motifs is 1. The Kier molecular flexibility index (Phi) is 5.88. The highest BCUT2D eigenvalue weighted by Crippen LogP contribution is 2.23. The van der Waals surface area contributed by atoms with Gasteiger partial charge in [-0.3, -0.25) is 19.3 Å². The van der Waals surface area contributed by atoms with E-state index < -0.39 is 15.9 Å². The van der Waals surface area contributed by atoms with Gasteiger partial charge in [0.2, 0.25) is 21.8 Å². The van der Waals surface area contributed by atoms with Crippen molar-refractivity contribution in [2.75, 3.05) is 23.7 Å². The van der Waals surface area contributed by atoms with Crippen LogP contribution in [0.2, 0.25) is 0 Å². The minimum absolute atomic E-state index is 0.00976. The number of hydrogen-bond donors (Lipinski definition) is 1. The molecule has 2 aromatic carbocycles. The first kappa shape index (κ1) is 21.2. The maximum Gasteiger partial charge on any atom is 0.251 e. The van der Waals surface area contributed by atoms with E-state index in [1.807, 2.05) is 24.3 Å². The Morgan fingerprint density at radius 2 is 1.55 bits per heavy atom. The maximum absolute atomic E-state index is 12.7. The predicted molar refractivity (Wildman–Crippen MR) is 115 cm³/mol. The van der Waals surface area contributed by atoms with Gasteiger partial charge in [0.15, 0.2) is 0 Å². The third-order valence-electron chi connectivity index (χ3n) is 5.57. The van der Waals surface area contributed by atoms with Crippen molar-refractivity contribution in [3.05, 3.63) is 65.2 Å². The lowest BCUT2D eigenvalue weighted by Gasteiger charge is -2.28. The van der Waals surface area contributed by atoms with Crippen LogP contribution in [0.1, 0.15) is 34.3 Å². The van der Waals surface area contributed by atoms with E-state index in [0.717, 1.165) is 10.5 Å². The Labute approximate surface area is 180 Å². The molecule has 0 atom stereocenters. The van der Waals surface area contributed by atoms with Gasteiger partial charge >= 0.3 is 0 Å². The summed E-state index contributed by atoms with van der Waals surface area (Å²) in [4.78, 5) is 37.1. The first-order valence-electron chi connectivity index (χ1n) is 10.1. The SMILES string of the molecule is O=C(NCCS(=O)(=O)N1CCc2ccccc2C1)c1ccc(N2C(=O)CCC2=O)cc1. The van der Waals surface area contributed by atoms with E-state index in [2.05, 4.69) is 5.32 Å². The van der Waals surface area contributed by atoms with Gasteiger partial charge in [0, 0.05) is 38.0 Å². The van der Waals surface area contributed by atoms with E-state index in [9.17, 15) is 22.8 Å². The average Bonchev–Trinajstić information content (AvgIpc) is 3.11. The van der Waals surface area contributed by atoms with Crippen molar-refractivity contribution in [3.63, 3.8) is 0 Å².